The van der Waals surface area contributed by atoms with Gasteiger partial charge in [0.1, 0.15) is 18.0 Å². The molecule has 2 aromatic heterocycles. The van der Waals surface area contributed by atoms with Crippen LogP contribution in [-0.2, 0) is 20.7 Å². The van der Waals surface area contributed by atoms with Gasteiger partial charge in [0, 0.05) is 46.9 Å². The van der Waals surface area contributed by atoms with E-state index in [1.165, 1.54) is 12.0 Å². The molecule has 4 rings (SSSR count). The maximum Gasteiger partial charge on any atom is 0.410 e. The number of methoxy groups -OCH3 is 1. The molecule has 1 amide bonds. The maximum absolute atomic E-state index is 15.9. The van der Waals surface area contributed by atoms with Gasteiger partial charge in [0.25, 0.3) is 0 Å². The first-order valence-corrected chi connectivity index (χ1v) is 15.1. The number of ether oxygens (including phenoxy) is 3. The van der Waals surface area contributed by atoms with E-state index in [1.54, 1.807) is 34.6 Å². The van der Waals surface area contributed by atoms with Crippen molar-refractivity contribution in [3.05, 3.63) is 58.7 Å². The number of benzene rings is 1. The van der Waals surface area contributed by atoms with Crippen molar-refractivity contribution in [3.8, 4) is 5.88 Å². The van der Waals surface area contributed by atoms with Gasteiger partial charge in [0.15, 0.2) is 0 Å². The molecule has 1 aromatic carbocycles. The van der Waals surface area contributed by atoms with Crippen molar-refractivity contribution in [2.45, 2.75) is 72.1 Å². The summed E-state index contributed by atoms with van der Waals surface area (Å²) in [5.74, 6) is -1.04. The molecule has 1 unspecified atom stereocenters. The zero-order chi connectivity index (χ0) is 32.2. The molecule has 0 radical (unpaired) electrons. The first-order chi connectivity index (χ1) is 20.9. The molecule has 240 valence electrons. The summed E-state index contributed by atoms with van der Waals surface area (Å²) in [5.41, 5.74) is 3.13. The number of hydrogen-bond donors (Lipinski definition) is 1. The number of halogens is 2. The van der Waals surface area contributed by atoms with Gasteiger partial charge in [-0.3, -0.25) is 14.1 Å². The minimum atomic E-state index is -0.703. The van der Waals surface area contributed by atoms with Crippen LogP contribution in [0.3, 0.4) is 0 Å². The van der Waals surface area contributed by atoms with Gasteiger partial charge in [-0.2, -0.15) is 0 Å². The second kappa shape index (κ2) is 13.9. The second-order valence-electron chi connectivity index (χ2n) is 12.4. The predicted octanol–water partition coefficient (Wildman–Crippen LogP) is 6.13. The van der Waals surface area contributed by atoms with E-state index in [9.17, 15) is 14.0 Å². The quantitative estimate of drug-likeness (QED) is 0.260. The molecular weight excluding hydrogens is 570 g/mol. The minimum Gasteiger partial charge on any atom is -0.476 e. The Labute approximate surface area is 257 Å². The molecule has 1 aliphatic heterocycles. The van der Waals surface area contributed by atoms with Crippen LogP contribution < -0.4 is 4.74 Å². The van der Waals surface area contributed by atoms with E-state index < -0.39 is 36.1 Å². The number of esters is 1. The zero-order valence-electron chi connectivity index (χ0n) is 26.7. The lowest BCUT2D eigenvalue weighted by Crippen LogP contribution is -2.46. The van der Waals surface area contributed by atoms with E-state index in [-0.39, 0.29) is 44.0 Å². The Morgan fingerprint density at radius 2 is 1.95 bits per heavy atom. The largest absolute Gasteiger partial charge is 0.476 e. The number of pyridine rings is 1. The van der Waals surface area contributed by atoms with Crippen LogP contribution in [0.5, 0.6) is 5.88 Å². The Bertz CT molecular complexity index is 1470. The molecule has 0 bridgehead atoms. The number of nitrogens with zero attached hydrogens (tertiary/aromatic N) is 3. The summed E-state index contributed by atoms with van der Waals surface area (Å²) in [6.45, 7) is 11.1. The fraction of sp³-hybridized carbons (Fsp3) is 0.545. The lowest BCUT2D eigenvalue weighted by atomic mass is 9.86. The maximum atomic E-state index is 15.9. The number of alkyl halides is 1. The summed E-state index contributed by atoms with van der Waals surface area (Å²) < 4.78 is 45.4. The molecule has 3 heterocycles. The normalized spacial score (nSPS) is 17.7. The number of H-pyrrole nitrogens is 1. The molecule has 0 fully saturated rings. The number of hydrogen-bond acceptors (Lipinski definition) is 7. The second-order valence-corrected chi connectivity index (χ2v) is 12.4. The van der Waals surface area contributed by atoms with Gasteiger partial charge < -0.3 is 24.1 Å². The van der Waals surface area contributed by atoms with Crippen LogP contribution in [0.15, 0.2) is 30.5 Å². The standard InChI is InChI=1S/C33H44F2N4O5/c1-20(31(40)42-7)19-39-21(2)17-24-23-11-8-9-12-26(23)37-28(24)29(39)27-22(3)30(36-18-25(27)35)43-16-15-38(14-10-13-34)32(41)44-33(4,5)6/h8-9,11-12,18,20-21,29,37H,10,13-17,19H2,1-7H3/t20?,21-,29-/m1/s1. The van der Waals surface area contributed by atoms with Gasteiger partial charge in [-0.1, -0.05) is 25.1 Å². The molecular formula is C33H44F2N4O5. The SMILES string of the molecule is COC(=O)C(C)CN1[C@H](c2c(F)cnc(OCCN(CCCF)C(=O)OC(C)(C)C)c2C)c2[nH]c3ccccc3c2C[C@H]1C. The molecule has 1 N–H and O–H groups in total. The number of carbonyl (C=O) groups is 2. The Morgan fingerprint density at radius 3 is 2.64 bits per heavy atom. The Kier molecular flexibility index (Phi) is 10.5. The van der Waals surface area contributed by atoms with Gasteiger partial charge in [0.2, 0.25) is 5.88 Å². The van der Waals surface area contributed by atoms with Gasteiger partial charge in [-0.15, -0.1) is 0 Å². The van der Waals surface area contributed by atoms with E-state index in [2.05, 4.69) is 27.9 Å². The van der Waals surface area contributed by atoms with Crippen LogP contribution >= 0.6 is 0 Å². The summed E-state index contributed by atoms with van der Waals surface area (Å²) in [4.78, 5) is 36.5. The van der Waals surface area contributed by atoms with Crippen LogP contribution in [0, 0.1) is 18.7 Å². The number of fused-ring (bicyclic) bond motifs is 3. The molecule has 3 atom stereocenters. The number of carbonyl (C=O) groups excluding carboxylic acids is 2. The fourth-order valence-electron chi connectivity index (χ4n) is 5.88. The number of para-hydroxylation sites is 1. The van der Waals surface area contributed by atoms with Gasteiger partial charge >= 0.3 is 12.1 Å². The molecule has 11 heteroatoms. The van der Waals surface area contributed by atoms with Gasteiger partial charge in [-0.05, 0) is 59.1 Å². The molecule has 1 aliphatic rings. The highest BCUT2D eigenvalue weighted by molar-refractivity contribution is 5.85. The van der Waals surface area contributed by atoms with Crippen molar-refractivity contribution < 1.29 is 32.6 Å². The molecule has 0 saturated carbocycles. The smallest absolute Gasteiger partial charge is 0.410 e. The third-order valence-electron chi connectivity index (χ3n) is 7.97. The number of rotatable bonds is 11. The highest BCUT2D eigenvalue weighted by Crippen LogP contribution is 2.43. The van der Waals surface area contributed by atoms with Crippen molar-refractivity contribution >= 4 is 23.0 Å². The summed E-state index contributed by atoms with van der Waals surface area (Å²) in [6.07, 6.45) is 1.48. The predicted molar refractivity (Wildman–Crippen MR) is 164 cm³/mol. The first kappa shape index (κ1) is 33.2. The summed E-state index contributed by atoms with van der Waals surface area (Å²) >= 11 is 0. The summed E-state index contributed by atoms with van der Waals surface area (Å²) in [6, 6.07) is 7.43. The van der Waals surface area contributed by atoms with Crippen molar-refractivity contribution in [2.75, 3.05) is 40.0 Å². The van der Waals surface area contributed by atoms with Crippen LogP contribution in [0.4, 0.5) is 13.6 Å². The number of nitrogens with one attached hydrogen (secondary N) is 1. The lowest BCUT2D eigenvalue weighted by molar-refractivity contribution is -0.145. The topological polar surface area (TPSA) is 97.0 Å². The highest BCUT2D eigenvalue weighted by Gasteiger charge is 2.40. The van der Waals surface area contributed by atoms with E-state index in [1.807, 2.05) is 18.2 Å². The highest BCUT2D eigenvalue weighted by atomic mass is 19.1. The molecule has 9 nitrogen and oxygen atoms in total. The zero-order valence-corrected chi connectivity index (χ0v) is 26.7. The van der Waals surface area contributed by atoms with E-state index in [4.69, 9.17) is 14.2 Å². The average Bonchev–Trinajstić information content (AvgIpc) is 3.33. The summed E-state index contributed by atoms with van der Waals surface area (Å²) in [7, 11) is 1.36. The van der Waals surface area contributed by atoms with Gasteiger partial charge in [-0.25, -0.2) is 14.2 Å². The van der Waals surface area contributed by atoms with Crippen molar-refractivity contribution in [1.82, 2.24) is 19.8 Å². The van der Waals surface area contributed by atoms with Crippen molar-refractivity contribution in [2.24, 2.45) is 5.92 Å². The Balaban J connectivity index is 1.69. The first-order valence-electron chi connectivity index (χ1n) is 15.1. The molecule has 3 aromatic rings. The third-order valence-corrected chi connectivity index (χ3v) is 7.97. The van der Waals surface area contributed by atoms with Crippen molar-refractivity contribution in [3.63, 3.8) is 0 Å². The fourth-order valence-corrected chi connectivity index (χ4v) is 5.88. The third kappa shape index (κ3) is 7.31. The van der Waals surface area contributed by atoms with Crippen LogP contribution in [0.2, 0.25) is 0 Å². The number of aromatic amines is 1. The van der Waals surface area contributed by atoms with Crippen molar-refractivity contribution in [1.29, 1.82) is 0 Å². The Morgan fingerprint density at radius 1 is 1.23 bits per heavy atom. The van der Waals surface area contributed by atoms with Crippen LogP contribution in [-0.4, -0.2) is 83.5 Å². The number of amides is 1. The molecule has 44 heavy (non-hydrogen) atoms. The average molecular weight is 615 g/mol. The van der Waals surface area contributed by atoms with Crippen LogP contribution in [0.25, 0.3) is 10.9 Å². The monoisotopic (exact) mass is 614 g/mol. The molecule has 0 aliphatic carbocycles. The van der Waals surface area contributed by atoms with E-state index >= 15 is 4.39 Å². The van der Waals surface area contributed by atoms with Crippen LogP contribution in [0.1, 0.15) is 69.5 Å². The van der Waals surface area contributed by atoms with E-state index in [0.717, 1.165) is 34.8 Å². The molecule has 0 spiro atoms. The lowest BCUT2D eigenvalue weighted by Gasteiger charge is -2.42. The van der Waals surface area contributed by atoms with E-state index in [0.29, 0.717) is 17.7 Å². The minimum absolute atomic E-state index is 0.0203. The van der Waals surface area contributed by atoms with Gasteiger partial charge in [0.05, 0.1) is 38.5 Å². The number of aromatic nitrogens is 2. The Hall–Kier alpha value is -3.73. The molecule has 0 saturated heterocycles. The summed E-state index contributed by atoms with van der Waals surface area (Å²) in [5, 5.41) is 1.08.